The summed E-state index contributed by atoms with van der Waals surface area (Å²) in [5.74, 6) is -0.481. The van der Waals surface area contributed by atoms with Crippen LogP contribution >= 0.6 is 0 Å². The van der Waals surface area contributed by atoms with Gasteiger partial charge in [0.15, 0.2) is 5.03 Å². The smallest absolute Gasteiger partial charge is 0.324 e. The molecule has 1 aromatic heterocycles. The van der Waals surface area contributed by atoms with Crippen molar-refractivity contribution in [2.75, 3.05) is 13.2 Å². The van der Waals surface area contributed by atoms with Crippen molar-refractivity contribution in [3.8, 4) is 0 Å². The molecule has 1 fully saturated rings. The van der Waals surface area contributed by atoms with E-state index in [0.29, 0.717) is 19.4 Å². The molecule has 0 N–H and O–H groups in total. The van der Waals surface area contributed by atoms with Gasteiger partial charge in [-0.2, -0.15) is 9.40 Å². The summed E-state index contributed by atoms with van der Waals surface area (Å²) in [6, 6.07) is 0.704. The zero-order valence-corrected chi connectivity index (χ0v) is 11.8. The minimum Gasteiger partial charge on any atom is -0.465 e. The molecule has 0 spiro atoms. The fraction of sp³-hybridized carbons (Fsp3) is 0.636. The summed E-state index contributed by atoms with van der Waals surface area (Å²) in [5, 5.41) is 3.94. The van der Waals surface area contributed by atoms with E-state index >= 15 is 0 Å². The van der Waals surface area contributed by atoms with Crippen LogP contribution in [0.4, 0.5) is 0 Å². The molecule has 1 aromatic rings. The van der Waals surface area contributed by atoms with Crippen LogP contribution in [0.5, 0.6) is 0 Å². The molecule has 2 rings (SSSR count). The SMILES string of the molecule is CCOC(=O)C1CCCN1S(=O)(=O)c1ccnn1C. The van der Waals surface area contributed by atoms with Gasteiger partial charge in [0.2, 0.25) is 0 Å². The normalized spacial score (nSPS) is 20.6. The minimum atomic E-state index is -3.71. The summed E-state index contributed by atoms with van der Waals surface area (Å²) in [6.07, 6.45) is 2.57. The van der Waals surface area contributed by atoms with E-state index in [1.165, 1.54) is 21.3 Å². The number of sulfonamides is 1. The molecular formula is C11H17N3O4S. The van der Waals surface area contributed by atoms with Crippen LogP contribution in [0.15, 0.2) is 17.3 Å². The lowest BCUT2D eigenvalue weighted by Crippen LogP contribution is -2.41. The Labute approximate surface area is 112 Å². The number of aromatic nitrogens is 2. The van der Waals surface area contributed by atoms with Gasteiger partial charge < -0.3 is 4.74 Å². The number of nitrogens with zero attached hydrogens (tertiary/aromatic N) is 3. The Hall–Kier alpha value is -1.41. The van der Waals surface area contributed by atoms with E-state index in [-0.39, 0.29) is 11.6 Å². The van der Waals surface area contributed by atoms with Gasteiger partial charge in [-0.1, -0.05) is 0 Å². The highest BCUT2D eigenvalue weighted by Gasteiger charge is 2.41. The van der Waals surface area contributed by atoms with Crippen LogP contribution in [0.2, 0.25) is 0 Å². The fourth-order valence-corrected chi connectivity index (χ4v) is 3.99. The standard InChI is InChI=1S/C11H17N3O4S/c1-3-18-11(15)9-5-4-8-14(9)19(16,17)10-6-7-12-13(10)2/h6-7,9H,3-5,8H2,1-2H3. The predicted molar refractivity (Wildman–Crippen MR) is 66.8 cm³/mol. The third kappa shape index (κ3) is 2.50. The number of carbonyl (C=O) groups is 1. The lowest BCUT2D eigenvalue weighted by atomic mass is 10.2. The zero-order valence-electron chi connectivity index (χ0n) is 10.9. The molecule has 19 heavy (non-hydrogen) atoms. The highest BCUT2D eigenvalue weighted by atomic mass is 32.2. The first-order valence-electron chi connectivity index (χ1n) is 6.15. The zero-order chi connectivity index (χ0) is 14.0. The van der Waals surface area contributed by atoms with Crippen LogP contribution in [-0.4, -0.2) is 47.7 Å². The summed E-state index contributed by atoms with van der Waals surface area (Å²) in [7, 11) is -2.15. The van der Waals surface area contributed by atoms with Crippen molar-refractivity contribution in [1.29, 1.82) is 0 Å². The molecule has 0 bridgehead atoms. The second-order valence-electron chi connectivity index (χ2n) is 4.32. The largest absolute Gasteiger partial charge is 0.465 e. The van der Waals surface area contributed by atoms with E-state index in [1.807, 2.05) is 0 Å². The van der Waals surface area contributed by atoms with Crippen molar-refractivity contribution in [2.24, 2.45) is 7.05 Å². The first-order chi connectivity index (χ1) is 8.98. The average molecular weight is 287 g/mol. The minimum absolute atomic E-state index is 0.0868. The topological polar surface area (TPSA) is 81.5 Å². The first kappa shape index (κ1) is 14.0. The number of ether oxygens (including phenoxy) is 1. The summed E-state index contributed by atoms with van der Waals surface area (Å²) in [4.78, 5) is 11.8. The van der Waals surface area contributed by atoms with Crippen LogP contribution in [0, 0.1) is 0 Å². The van der Waals surface area contributed by atoms with Crippen LogP contribution in [0.3, 0.4) is 0 Å². The Balaban J connectivity index is 2.30. The van der Waals surface area contributed by atoms with Crippen LogP contribution in [-0.2, 0) is 26.6 Å². The average Bonchev–Trinajstić information content (AvgIpc) is 2.97. The Kier molecular flexibility index (Phi) is 3.91. The maximum absolute atomic E-state index is 12.5. The molecule has 1 unspecified atom stereocenters. The van der Waals surface area contributed by atoms with Gasteiger partial charge in [0.1, 0.15) is 6.04 Å². The van der Waals surface area contributed by atoms with Gasteiger partial charge in [0, 0.05) is 13.6 Å². The Morgan fingerprint density at radius 1 is 1.58 bits per heavy atom. The molecule has 7 nitrogen and oxygen atoms in total. The molecule has 1 aliphatic rings. The monoisotopic (exact) mass is 287 g/mol. The second kappa shape index (κ2) is 5.30. The molecule has 0 aliphatic carbocycles. The summed E-state index contributed by atoms with van der Waals surface area (Å²) in [6.45, 7) is 2.28. The van der Waals surface area contributed by atoms with Crippen molar-refractivity contribution >= 4 is 16.0 Å². The highest BCUT2D eigenvalue weighted by Crippen LogP contribution is 2.26. The maximum atomic E-state index is 12.5. The van der Waals surface area contributed by atoms with E-state index in [2.05, 4.69) is 5.10 Å². The number of hydrogen-bond acceptors (Lipinski definition) is 5. The molecular weight excluding hydrogens is 270 g/mol. The molecule has 0 radical (unpaired) electrons. The summed E-state index contributed by atoms with van der Waals surface area (Å²) < 4.78 is 32.4. The number of hydrogen-bond donors (Lipinski definition) is 0. The van der Waals surface area contributed by atoms with Crippen molar-refractivity contribution in [3.05, 3.63) is 12.3 Å². The lowest BCUT2D eigenvalue weighted by Gasteiger charge is -2.22. The molecule has 1 aliphatic heterocycles. The highest BCUT2D eigenvalue weighted by molar-refractivity contribution is 7.89. The van der Waals surface area contributed by atoms with Crippen LogP contribution < -0.4 is 0 Å². The van der Waals surface area contributed by atoms with E-state index in [4.69, 9.17) is 4.74 Å². The third-order valence-electron chi connectivity index (χ3n) is 3.11. The van der Waals surface area contributed by atoms with Gasteiger partial charge >= 0.3 is 5.97 Å². The van der Waals surface area contributed by atoms with Crippen molar-refractivity contribution in [2.45, 2.75) is 30.8 Å². The molecule has 1 atom stereocenters. The van der Waals surface area contributed by atoms with Gasteiger partial charge in [-0.05, 0) is 25.8 Å². The Morgan fingerprint density at radius 2 is 2.32 bits per heavy atom. The predicted octanol–water partition coefficient (Wildman–Crippen LogP) is 0.136. The van der Waals surface area contributed by atoms with Gasteiger partial charge in [0.05, 0.1) is 12.8 Å². The van der Waals surface area contributed by atoms with Crippen molar-refractivity contribution in [3.63, 3.8) is 0 Å². The number of rotatable bonds is 4. The molecule has 1 saturated heterocycles. The molecule has 8 heteroatoms. The molecule has 0 saturated carbocycles. The van der Waals surface area contributed by atoms with E-state index in [1.54, 1.807) is 14.0 Å². The number of aryl methyl sites for hydroxylation is 1. The van der Waals surface area contributed by atoms with E-state index < -0.39 is 22.0 Å². The quantitative estimate of drug-likeness (QED) is 0.736. The van der Waals surface area contributed by atoms with Crippen molar-refractivity contribution < 1.29 is 17.9 Å². The van der Waals surface area contributed by atoms with Gasteiger partial charge in [0.25, 0.3) is 10.0 Å². The molecule has 0 amide bonds. The Morgan fingerprint density at radius 3 is 2.89 bits per heavy atom. The number of carbonyl (C=O) groups excluding carboxylic acids is 1. The number of esters is 1. The fourth-order valence-electron chi connectivity index (χ4n) is 2.24. The van der Waals surface area contributed by atoms with Crippen LogP contribution in [0.1, 0.15) is 19.8 Å². The maximum Gasteiger partial charge on any atom is 0.324 e. The van der Waals surface area contributed by atoms with Crippen LogP contribution in [0.25, 0.3) is 0 Å². The molecule has 2 heterocycles. The third-order valence-corrected chi connectivity index (χ3v) is 5.09. The molecule has 0 aromatic carbocycles. The van der Waals surface area contributed by atoms with Gasteiger partial charge in [-0.15, -0.1) is 0 Å². The van der Waals surface area contributed by atoms with Gasteiger partial charge in [-0.25, -0.2) is 8.42 Å². The second-order valence-corrected chi connectivity index (χ2v) is 6.16. The van der Waals surface area contributed by atoms with Crippen molar-refractivity contribution in [1.82, 2.24) is 14.1 Å². The summed E-state index contributed by atoms with van der Waals surface area (Å²) >= 11 is 0. The molecule has 106 valence electrons. The Bertz CT molecular complexity index is 566. The van der Waals surface area contributed by atoms with E-state index in [0.717, 1.165) is 0 Å². The first-order valence-corrected chi connectivity index (χ1v) is 7.59. The van der Waals surface area contributed by atoms with E-state index in [9.17, 15) is 13.2 Å². The lowest BCUT2D eigenvalue weighted by molar-refractivity contribution is -0.146. The van der Waals surface area contributed by atoms with Gasteiger partial charge in [-0.3, -0.25) is 9.48 Å². The summed E-state index contributed by atoms with van der Waals surface area (Å²) in [5.41, 5.74) is 0.